The first kappa shape index (κ1) is 19.9. The quantitative estimate of drug-likeness (QED) is 0.744. The van der Waals surface area contributed by atoms with Crippen molar-refractivity contribution in [2.45, 2.75) is 45.1 Å². The molecule has 0 radical (unpaired) electrons. The Morgan fingerprint density at radius 3 is 2.96 bits per heavy atom. The lowest BCUT2D eigenvalue weighted by Gasteiger charge is -2.30. The Morgan fingerprint density at radius 1 is 1.36 bits per heavy atom. The summed E-state index contributed by atoms with van der Waals surface area (Å²) < 4.78 is 13.3. The first-order valence-electron chi connectivity index (χ1n) is 9.63. The van der Waals surface area contributed by atoms with Crippen LogP contribution in [-0.2, 0) is 4.79 Å². The Labute approximate surface area is 164 Å². The Bertz CT molecular complexity index is 830. The summed E-state index contributed by atoms with van der Waals surface area (Å²) >= 11 is 0. The van der Waals surface area contributed by atoms with Gasteiger partial charge in [-0.05, 0) is 56.4 Å². The lowest BCUT2D eigenvalue weighted by atomic mass is 9.83. The van der Waals surface area contributed by atoms with Gasteiger partial charge >= 0.3 is 0 Å². The van der Waals surface area contributed by atoms with Gasteiger partial charge in [-0.2, -0.15) is 0 Å². The molecular formula is C21H25FN4O2. The standard InChI is InChI=1S/C21H25FN4O2/c1-15-8-10-23-21(24-15)26(14-27)11-9-16-4-2-7-19(12-16)25-20(28)17-5-3-6-18(22)13-17/h3,5-6,8,10,13-14,16,19H,2,4,7,9,11-12H2,1H3,(H,25,28). The summed E-state index contributed by atoms with van der Waals surface area (Å²) in [5, 5.41) is 3.02. The number of carbonyl (C=O) groups is 2. The Morgan fingerprint density at radius 2 is 2.21 bits per heavy atom. The number of aromatic nitrogens is 2. The molecule has 2 aromatic rings. The number of rotatable bonds is 7. The van der Waals surface area contributed by atoms with Gasteiger partial charge in [-0.3, -0.25) is 14.5 Å². The number of nitrogens with zero attached hydrogens (tertiary/aromatic N) is 3. The third-order valence-corrected chi connectivity index (χ3v) is 5.15. The van der Waals surface area contributed by atoms with Crippen molar-refractivity contribution in [3.8, 4) is 0 Å². The maximum absolute atomic E-state index is 13.3. The fourth-order valence-corrected chi connectivity index (χ4v) is 3.68. The number of aryl methyl sites for hydroxylation is 1. The number of hydrogen-bond donors (Lipinski definition) is 1. The first-order chi connectivity index (χ1) is 13.5. The molecule has 2 atom stereocenters. The third-order valence-electron chi connectivity index (χ3n) is 5.15. The van der Waals surface area contributed by atoms with Gasteiger partial charge in [0.15, 0.2) is 0 Å². The van der Waals surface area contributed by atoms with Crippen molar-refractivity contribution >= 4 is 18.3 Å². The minimum atomic E-state index is -0.415. The van der Waals surface area contributed by atoms with Crippen LogP contribution in [0.1, 0.15) is 48.2 Å². The predicted molar refractivity (Wildman–Crippen MR) is 104 cm³/mol. The van der Waals surface area contributed by atoms with Crippen LogP contribution in [0.2, 0.25) is 0 Å². The summed E-state index contributed by atoms with van der Waals surface area (Å²) in [6.07, 6.45) is 7.07. The molecule has 28 heavy (non-hydrogen) atoms. The van der Waals surface area contributed by atoms with Gasteiger partial charge in [-0.25, -0.2) is 14.4 Å². The van der Waals surface area contributed by atoms with Crippen LogP contribution in [0.3, 0.4) is 0 Å². The van der Waals surface area contributed by atoms with Gasteiger partial charge in [0.25, 0.3) is 5.91 Å². The zero-order chi connectivity index (χ0) is 19.9. The highest BCUT2D eigenvalue weighted by Gasteiger charge is 2.24. The van der Waals surface area contributed by atoms with Gasteiger partial charge in [0, 0.05) is 30.0 Å². The summed E-state index contributed by atoms with van der Waals surface area (Å²) in [6.45, 7) is 2.41. The first-order valence-corrected chi connectivity index (χ1v) is 9.63. The van der Waals surface area contributed by atoms with Crippen LogP contribution in [0.4, 0.5) is 10.3 Å². The van der Waals surface area contributed by atoms with E-state index in [0.717, 1.165) is 44.2 Å². The lowest BCUT2D eigenvalue weighted by molar-refractivity contribution is -0.107. The van der Waals surface area contributed by atoms with Crippen molar-refractivity contribution in [1.29, 1.82) is 0 Å². The highest BCUT2D eigenvalue weighted by Crippen LogP contribution is 2.27. The van der Waals surface area contributed by atoms with E-state index in [-0.39, 0.29) is 11.9 Å². The molecule has 1 aromatic carbocycles. The molecule has 148 valence electrons. The zero-order valence-corrected chi connectivity index (χ0v) is 16.0. The summed E-state index contributed by atoms with van der Waals surface area (Å²) in [5.41, 5.74) is 1.15. The largest absolute Gasteiger partial charge is 0.349 e. The van der Waals surface area contributed by atoms with E-state index < -0.39 is 5.82 Å². The van der Waals surface area contributed by atoms with Crippen LogP contribution in [0, 0.1) is 18.7 Å². The molecule has 1 saturated carbocycles. The van der Waals surface area contributed by atoms with E-state index in [1.807, 2.05) is 6.92 Å². The van der Waals surface area contributed by atoms with Crippen LogP contribution in [0.15, 0.2) is 36.5 Å². The molecule has 0 bridgehead atoms. The van der Waals surface area contributed by atoms with Gasteiger partial charge in [-0.15, -0.1) is 0 Å². The summed E-state index contributed by atoms with van der Waals surface area (Å²) in [5.74, 6) is 0.162. The summed E-state index contributed by atoms with van der Waals surface area (Å²) in [7, 11) is 0. The highest BCUT2D eigenvalue weighted by atomic mass is 19.1. The van der Waals surface area contributed by atoms with Crippen molar-refractivity contribution in [2.24, 2.45) is 5.92 Å². The fraction of sp³-hybridized carbons (Fsp3) is 0.429. The van der Waals surface area contributed by atoms with E-state index in [0.29, 0.717) is 24.0 Å². The van der Waals surface area contributed by atoms with Crippen LogP contribution in [-0.4, -0.2) is 34.9 Å². The average Bonchev–Trinajstić information content (AvgIpc) is 2.69. The molecule has 1 aliphatic rings. The molecule has 1 aliphatic carbocycles. The molecule has 1 N–H and O–H groups in total. The topological polar surface area (TPSA) is 75.2 Å². The zero-order valence-electron chi connectivity index (χ0n) is 16.0. The molecule has 2 unspecified atom stereocenters. The van der Waals surface area contributed by atoms with Gasteiger partial charge in [0.2, 0.25) is 12.4 Å². The average molecular weight is 384 g/mol. The molecule has 7 heteroatoms. The van der Waals surface area contributed by atoms with E-state index in [1.54, 1.807) is 18.3 Å². The van der Waals surface area contributed by atoms with Gasteiger partial charge in [-0.1, -0.05) is 18.9 Å². The minimum absolute atomic E-state index is 0.0643. The number of halogens is 1. The highest BCUT2D eigenvalue weighted by molar-refractivity contribution is 5.94. The van der Waals surface area contributed by atoms with Crippen molar-refractivity contribution in [3.05, 3.63) is 53.6 Å². The van der Waals surface area contributed by atoms with Crippen molar-refractivity contribution < 1.29 is 14.0 Å². The number of anilines is 1. The molecule has 2 amide bonds. The number of hydrogen-bond acceptors (Lipinski definition) is 4. The van der Waals surface area contributed by atoms with Crippen LogP contribution >= 0.6 is 0 Å². The van der Waals surface area contributed by atoms with Crippen LogP contribution in [0.25, 0.3) is 0 Å². The predicted octanol–water partition coefficient (Wildman–Crippen LogP) is 3.27. The molecule has 0 spiro atoms. The second-order valence-electron chi connectivity index (χ2n) is 7.30. The van der Waals surface area contributed by atoms with Crippen molar-refractivity contribution in [1.82, 2.24) is 15.3 Å². The van der Waals surface area contributed by atoms with E-state index in [9.17, 15) is 14.0 Å². The number of amides is 2. The van der Waals surface area contributed by atoms with E-state index in [4.69, 9.17) is 0 Å². The molecular weight excluding hydrogens is 359 g/mol. The van der Waals surface area contributed by atoms with E-state index in [2.05, 4.69) is 15.3 Å². The molecule has 6 nitrogen and oxygen atoms in total. The van der Waals surface area contributed by atoms with Crippen LogP contribution in [0.5, 0.6) is 0 Å². The smallest absolute Gasteiger partial charge is 0.251 e. The molecule has 1 heterocycles. The van der Waals surface area contributed by atoms with E-state index in [1.165, 1.54) is 23.1 Å². The summed E-state index contributed by atoms with van der Waals surface area (Å²) in [4.78, 5) is 33.8. The Balaban J connectivity index is 1.53. The van der Waals surface area contributed by atoms with E-state index >= 15 is 0 Å². The minimum Gasteiger partial charge on any atom is -0.349 e. The van der Waals surface area contributed by atoms with Gasteiger partial charge in [0.05, 0.1) is 0 Å². The van der Waals surface area contributed by atoms with Gasteiger partial charge in [0.1, 0.15) is 5.82 Å². The maximum atomic E-state index is 13.3. The fourth-order valence-electron chi connectivity index (χ4n) is 3.68. The summed E-state index contributed by atoms with van der Waals surface area (Å²) in [6, 6.07) is 7.58. The molecule has 1 fully saturated rings. The second kappa shape index (κ2) is 9.39. The van der Waals surface area contributed by atoms with Crippen LogP contribution < -0.4 is 10.2 Å². The van der Waals surface area contributed by atoms with Crippen molar-refractivity contribution in [2.75, 3.05) is 11.4 Å². The van der Waals surface area contributed by atoms with Gasteiger partial charge < -0.3 is 5.32 Å². The Hall–Kier alpha value is -2.83. The lowest BCUT2D eigenvalue weighted by Crippen LogP contribution is -2.39. The van der Waals surface area contributed by atoms with Crippen molar-refractivity contribution in [3.63, 3.8) is 0 Å². The monoisotopic (exact) mass is 384 g/mol. The molecule has 0 aliphatic heterocycles. The number of nitrogens with one attached hydrogen (secondary N) is 1. The molecule has 0 saturated heterocycles. The third kappa shape index (κ3) is 5.34. The number of carbonyl (C=O) groups excluding carboxylic acids is 2. The Kier molecular flexibility index (Phi) is 6.68. The maximum Gasteiger partial charge on any atom is 0.251 e. The molecule has 3 rings (SSSR count). The SMILES string of the molecule is Cc1ccnc(N(C=O)CCC2CCCC(NC(=O)c3cccc(F)c3)C2)n1. The normalized spacial score (nSPS) is 19.1. The second-order valence-corrected chi connectivity index (χ2v) is 7.30. The number of benzene rings is 1. The molecule has 1 aromatic heterocycles.